The van der Waals surface area contributed by atoms with Crippen molar-refractivity contribution in [2.45, 2.75) is 43.1 Å². The van der Waals surface area contributed by atoms with E-state index in [2.05, 4.69) is 24.3 Å². The van der Waals surface area contributed by atoms with E-state index < -0.39 is 5.97 Å². The van der Waals surface area contributed by atoms with Crippen molar-refractivity contribution in [3.63, 3.8) is 0 Å². The zero-order valence-corrected chi connectivity index (χ0v) is 13.3. The molecular weight excluding hydrogens is 287 g/mol. The van der Waals surface area contributed by atoms with Crippen molar-refractivity contribution in [3.8, 4) is 0 Å². The summed E-state index contributed by atoms with van der Waals surface area (Å²) in [7, 11) is 1.39. The number of hydrogen-bond donors (Lipinski definition) is 1. The van der Waals surface area contributed by atoms with E-state index in [4.69, 9.17) is 11.6 Å². The Morgan fingerprint density at radius 2 is 1.95 bits per heavy atom. The Bertz CT molecular complexity index is 431. The molecule has 0 amide bonds. The van der Waals surface area contributed by atoms with Crippen molar-refractivity contribution in [2.75, 3.05) is 5.75 Å². The minimum absolute atomic E-state index is 0.279. The first-order valence-electron chi connectivity index (χ1n) is 6.91. The average molecular weight is 308 g/mol. The first kappa shape index (κ1) is 17.4. The Kier molecular flexibility index (Phi) is 9.59. The number of aliphatic carboxylic acids is 1. The van der Waals surface area contributed by atoms with Crippen LogP contribution in [-0.4, -0.2) is 28.6 Å². The fraction of sp³-hybridized carbons (Fsp3) is 0.533. The molecule has 0 aliphatic rings. The molecule has 0 fully saturated rings. The Morgan fingerprint density at radius 3 is 2.60 bits per heavy atom. The molecule has 0 bridgehead atoms. The molecule has 20 heavy (non-hydrogen) atoms. The summed E-state index contributed by atoms with van der Waals surface area (Å²) in [4.78, 5) is 10.5. The SMILES string of the molecule is B#SCCC(CCCCC(=O)O)SCc1ccccc1. The molecule has 0 saturated carbocycles. The number of hydrogen-bond acceptors (Lipinski definition) is 2. The summed E-state index contributed by atoms with van der Waals surface area (Å²) in [5.74, 6) is 1.28. The molecule has 0 heterocycles. The van der Waals surface area contributed by atoms with Crippen LogP contribution in [0.15, 0.2) is 30.3 Å². The van der Waals surface area contributed by atoms with Gasteiger partial charge in [0.15, 0.2) is 0 Å². The van der Waals surface area contributed by atoms with Crippen molar-refractivity contribution in [1.82, 2.24) is 0 Å². The van der Waals surface area contributed by atoms with Gasteiger partial charge in [0.2, 0.25) is 0 Å². The normalized spacial score (nSPS) is 12.1. The first-order valence-corrected chi connectivity index (χ1v) is 9.01. The zero-order valence-electron chi connectivity index (χ0n) is 11.7. The second-order valence-corrected chi connectivity index (χ2v) is 6.75. The topological polar surface area (TPSA) is 37.3 Å². The fourth-order valence-corrected chi connectivity index (χ4v) is 3.76. The van der Waals surface area contributed by atoms with Crippen LogP contribution in [0.2, 0.25) is 0 Å². The molecule has 1 unspecified atom stereocenters. The monoisotopic (exact) mass is 308 g/mol. The van der Waals surface area contributed by atoms with Crippen LogP contribution < -0.4 is 0 Å². The van der Waals surface area contributed by atoms with Crippen LogP contribution in [0.5, 0.6) is 0 Å². The predicted octanol–water partition coefficient (Wildman–Crippen LogP) is 4.14. The molecule has 1 atom stereocenters. The van der Waals surface area contributed by atoms with Crippen molar-refractivity contribution in [1.29, 1.82) is 0 Å². The van der Waals surface area contributed by atoms with E-state index in [0.29, 0.717) is 5.25 Å². The summed E-state index contributed by atoms with van der Waals surface area (Å²) in [6, 6.07) is 10.4. The number of carboxylic acids is 1. The van der Waals surface area contributed by atoms with Crippen molar-refractivity contribution < 1.29 is 9.90 Å². The predicted molar refractivity (Wildman–Crippen MR) is 90.5 cm³/mol. The van der Waals surface area contributed by atoms with E-state index in [1.807, 2.05) is 17.8 Å². The van der Waals surface area contributed by atoms with Gasteiger partial charge in [-0.05, 0) is 0 Å². The second kappa shape index (κ2) is 11.0. The summed E-state index contributed by atoms with van der Waals surface area (Å²) < 4.78 is 0. The van der Waals surface area contributed by atoms with Crippen molar-refractivity contribution in [2.24, 2.45) is 0 Å². The number of carboxylic acid groups (broad SMARTS) is 1. The van der Waals surface area contributed by atoms with Gasteiger partial charge in [0.05, 0.1) is 0 Å². The number of unbranched alkanes of at least 4 members (excludes halogenated alkanes) is 1. The van der Waals surface area contributed by atoms with E-state index in [1.54, 1.807) is 0 Å². The van der Waals surface area contributed by atoms with Gasteiger partial charge in [0, 0.05) is 0 Å². The van der Waals surface area contributed by atoms with E-state index in [9.17, 15) is 4.79 Å². The van der Waals surface area contributed by atoms with Crippen molar-refractivity contribution in [3.05, 3.63) is 35.9 Å². The van der Waals surface area contributed by atoms with Gasteiger partial charge in [-0.3, -0.25) is 0 Å². The first-order chi connectivity index (χ1) is 9.72. The van der Waals surface area contributed by atoms with Gasteiger partial charge in [-0.1, -0.05) is 0 Å². The quantitative estimate of drug-likeness (QED) is 0.521. The standard InChI is InChI=1S/C15H21BO2S2/c16-20-11-10-14(8-4-5-9-15(17)18)19-12-13-6-2-1-3-7-13/h1-3,6-7,14H,4-5,8-12H2,(H,17,18). The molecule has 2 nitrogen and oxygen atoms in total. The molecule has 0 saturated heterocycles. The zero-order chi connectivity index (χ0) is 14.6. The molecule has 0 aliphatic carbocycles. The third-order valence-electron chi connectivity index (χ3n) is 3.05. The van der Waals surface area contributed by atoms with E-state index in [0.717, 1.165) is 37.2 Å². The summed E-state index contributed by atoms with van der Waals surface area (Å²) in [5, 5.41) is 9.22. The van der Waals surface area contributed by atoms with E-state index in [1.165, 1.54) is 16.6 Å². The Labute approximate surface area is 130 Å². The second-order valence-electron chi connectivity index (χ2n) is 4.72. The van der Waals surface area contributed by atoms with Crippen LogP contribution in [0, 0.1) is 0 Å². The minimum atomic E-state index is -0.698. The number of carbonyl (C=O) groups is 1. The fourth-order valence-electron chi connectivity index (χ4n) is 1.95. The maximum absolute atomic E-state index is 10.5. The number of thioether (sulfide) groups is 1. The molecule has 5 heteroatoms. The van der Waals surface area contributed by atoms with Gasteiger partial charge in [0.1, 0.15) is 0 Å². The van der Waals surface area contributed by atoms with Crippen LogP contribution in [0.3, 0.4) is 0 Å². The van der Waals surface area contributed by atoms with Gasteiger partial charge in [-0.25, -0.2) is 0 Å². The summed E-state index contributed by atoms with van der Waals surface area (Å²) in [5.41, 5.74) is 1.34. The molecular formula is C15H21BO2S2. The van der Waals surface area contributed by atoms with Crippen molar-refractivity contribution >= 4 is 35.3 Å². The molecule has 0 spiro atoms. The third-order valence-corrected chi connectivity index (χ3v) is 4.97. The van der Waals surface area contributed by atoms with Crippen LogP contribution in [-0.2, 0) is 10.5 Å². The molecule has 1 aromatic rings. The molecule has 1 rings (SSSR count). The number of benzene rings is 1. The average Bonchev–Trinajstić information content (AvgIpc) is 2.46. The molecule has 0 aliphatic heterocycles. The van der Waals surface area contributed by atoms with E-state index in [-0.39, 0.29) is 6.42 Å². The molecule has 108 valence electrons. The molecule has 1 aromatic carbocycles. The summed E-state index contributed by atoms with van der Waals surface area (Å²) in [6.45, 7) is 5.51. The van der Waals surface area contributed by atoms with Crippen LogP contribution in [0.4, 0.5) is 0 Å². The summed E-state index contributed by atoms with van der Waals surface area (Å²) in [6.07, 6.45) is 4.19. The van der Waals surface area contributed by atoms with Gasteiger partial charge in [0.25, 0.3) is 0 Å². The van der Waals surface area contributed by atoms with Crippen LogP contribution >= 0.6 is 22.8 Å². The Morgan fingerprint density at radius 1 is 1.20 bits per heavy atom. The maximum atomic E-state index is 10.5. The Hall–Kier alpha value is -0.675. The van der Waals surface area contributed by atoms with Gasteiger partial charge in [-0.2, -0.15) is 0 Å². The van der Waals surface area contributed by atoms with Gasteiger partial charge >= 0.3 is 130 Å². The Balaban J connectivity index is 2.31. The molecule has 1 N–H and O–H groups in total. The number of rotatable bonds is 10. The summed E-state index contributed by atoms with van der Waals surface area (Å²) >= 11 is 1.96. The van der Waals surface area contributed by atoms with Gasteiger partial charge in [-0.15, -0.1) is 0 Å². The van der Waals surface area contributed by atoms with Crippen LogP contribution in [0.1, 0.15) is 37.7 Å². The van der Waals surface area contributed by atoms with Crippen LogP contribution in [0.25, 0.3) is 0 Å². The molecule has 0 radical (unpaired) electrons. The van der Waals surface area contributed by atoms with E-state index >= 15 is 0 Å². The van der Waals surface area contributed by atoms with Gasteiger partial charge < -0.3 is 0 Å². The third kappa shape index (κ3) is 8.49. The molecule has 0 aromatic heterocycles.